The molecule has 3 aromatic rings. The summed E-state index contributed by atoms with van der Waals surface area (Å²) >= 11 is 0. The number of carbonyl (C=O) groups is 2. The average molecular weight is 433 g/mol. The number of methoxy groups -OCH3 is 1. The Labute approximate surface area is 185 Å². The molecule has 0 saturated carbocycles. The Balaban J connectivity index is 1.30. The maximum absolute atomic E-state index is 12.4. The van der Waals surface area contributed by atoms with Crippen LogP contribution in [0.25, 0.3) is 0 Å². The number of ether oxygens (including phenoxy) is 2. The van der Waals surface area contributed by atoms with Gasteiger partial charge in [-0.05, 0) is 61.0 Å². The molecule has 1 aromatic heterocycles. The van der Waals surface area contributed by atoms with Gasteiger partial charge in [-0.25, -0.2) is 5.43 Å². The van der Waals surface area contributed by atoms with E-state index in [9.17, 15) is 9.59 Å². The molecule has 8 heteroatoms. The van der Waals surface area contributed by atoms with Crippen LogP contribution in [-0.4, -0.2) is 31.7 Å². The van der Waals surface area contributed by atoms with E-state index in [0.717, 1.165) is 17.9 Å². The van der Waals surface area contributed by atoms with Gasteiger partial charge in [0.1, 0.15) is 29.6 Å². The van der Waals surface area contributed by atoms with Gasteiger partial charge in [0, 0.05) is 24.2 Å². The van der Waals surface area contributed by atoms with Gasteiger partial charge in [-0.1, -0.05) is 6.07 Å². The summed E-state index contributed by atoms with van der Waals surface area (Å²) in [6, 6.07) is 17.7. The molecule has 2 amide bonds. The lowest BCUT2D eigenvalue weighted by Crippen LogP contribution is -2.24. The fourth-order valence-corrected chi connectivity index (χ4v) is 3.32. The van der Waals surface area contributed by atoms with E-state index in [2.05, 4.69) is 10.5 Å². The van der Waals surface area contributed by atoms with Crippen LogP contribution >= 0.6 is 0 Å². The molecule has 0 atom stereocenters. The number of benzene rings is 2. The topological polar surface area (TPSA) is 93.4 Å². The molecule has 0 aliphatic carbocycles. The molecule has 0 spiro atoms. The largest absolute Gasteiger partial charge is 0.497 e. The van der Waals surface area contributed by atoms with Crippen molar-refractivity contribution in [2.45, 2.75) is 19.4 Å². The summed E-state index contributed by atoms with van der Waals surface area (Å²) in [5.41, 5.74) is 3.62. The highest BCUT2D eigenvalue weighted by atomic mass is 16.5. The highest BCUT2D eigenvalue weighted by Gasteiger charge is 2.22. The standard InChI is InChI=1S/C24H23N3O5/c1-30-19-7-9-20(10-8-19)31-16-22-12-11-21(32-22)15-25-26-24(29)17-4-2-5-18(14-17)27-13-3-6-23(27)28/h2,4-5,7-12,14-15H,3,6,13,16H2,1H3,(H,26,29)/b25-15-. The number of furan rings is 1. The van der Waals surface area contributed by atoms with Gasteiger partial charge in [0.15, 0.2) is 0 Å². The first-order valence-electron chi connectivity index (χ1n) is 10.2. The van der Waals surface area contributed by atoms with E-state index in [4.69, 9.17) is 13.9 Å². The van der Waals surface area contributed by atoms with Crippen molar-refractivity contribution in [3.8, 4) is 11.5 Å². The zero-order chi connectivity index (χ0) is 22.3. The number of hydrogen-bond acceptors (Lipinski definition) is 6. The van der Waals surface area contributed by atoms with E-state index in [-0.39, 0.29) is 18.4 Å². The van der Waals surface area contributed by atoms with Crippen molar-refractivity contribution in [2.75, 3.05) is 18.6 Å². The van der Waals surface area contributed by atoms with E-state index < -0.39 is 0 Å². The number of rotatable bonds is 8. The minimum absolute atomic E-state index is 0.0742. The molecule has 8 nitrogen and oxygen atoms in total. The highest BCUT2D eigenvalue weighted by molar-refractivity contribution is 5.99. The van der Waals surface area contributed by atoms with Crippen LogP contribution in [0, 0.1) is 0 Å². The lowest BCUT2D eigenvalue weighted by molar-refractivity contribution is -0.117. The normalized spacial score (nSPS) is 13.5. The third-order valence-corrected chi connectivity index (χ3v) is 4.97. The van der Waals surface area contributed by atoms with Gasteiger partial charge in [0.05, 0.1) is 13.3 Å². The van der Waals surface area contributed by atoms with Gasteiger partial charge in [0.25, 0.3) is 5.91 Å². The second kappa shape index (κ2) is 9.82. The predicted octanol–water partition coefficient (Wildman–Crippen LogP) is 3.76. The van der Waals surface area contributed by atoms with Gasteiger partial charge in [-0.15, -0.1) is 0 Å². The molecule has 0 unspecified atom stereocenters. The Kier molecular flexibility index (Phi) is 6.50. The predicted molar refractivity (Wildman–Crippen MR) is 119 cm³/mol. The molecule has 1 N–H and O–H groups in total. The molecule has 164 valence electrons. The van der Waals surface area contributed by atoms with Crippen LogP contribution in [0.15, 0.2) is 70.2 Å². The minimum Gasteiger partial charge on any atom is -0.497 e. The van der Waals surface area contributed by atoms with Crippen LogP contribution in [0.1, 0.15) is 34.7 Å². The molecule has 1 fully saturated rings. The lowest BCUT2D eigenvalue weighted by Gasteiger charge is -2.16. The maximum Gasteiger partial charge on any atom is 0.271 e. The zero-order valence-electron chi connectivity index (χ0n) is 17.6. The summed E-state index contributed by atoms with van der Waals surface area (Å²) < 4.78 is 16.4. The van der Waals surface area contributed by atoms with Gasteiger partial charge in [-0.3, -0.25) is 9.59 Å². The summed E-state index contributed by atoms with van der Waals surface area (Å²) in [5.74, 6) is 2.26. The smallest absolute Gasteiger partial charge is 0.271 e. The van der Waals surface area contributed by atoms with E-state index in [1.54, 1.807) is 42.3 Å². The summed E-state index contributed by atoms with van der Waals surface area (Å²) in [4.78, 5) is 26.0. The average Bonchev–Trinajstić information content (AvgIpc) is 3.47. The zero-order valence-corrected chi connectivity index (χ0v) is 17.6. The molecule has 2 heterocycles. The summed E-state index contributed by atoms with van der Waals surface area (Å²) in [5, 5.41) is 3.96. The minimum atomic E-state index is -0.371. The first-order chi connectivity index (χ1) is 15.6. The second-order valence-corrected chi connectivity index (χ2v) is 7.17. The molecule has 1 aliphatic heterocycles. The third kappa shape index (κ3) is 5.15. The Bertz CT molecular complexity index is 1120. The van der Waals surface area contributed by atoms with Crippen molar-refractivity contribution in [2.24, 2.45) is 5.10 Å². The van der Waals surface area contributed by atoms with Gasteiger partial charge in [-0.2, -0.15) is 5.10 Å². The van der Waals surface area contributed by atoms with Crippen LogP contribution < -0.4 is 19.8 Å². The fourth-order valence-electron chi connectivity index (χ4n) is 3.32. The van der Waals surface area contributed by atoms with Crippen LogP contribution in [0.4, 0.5) is 5.69 Å². The molecule has 1 aliphatic rings. The van der Waals surface area contributed by atoms with Crippen molar-refractivity contribution in [1.29, 1.82) is 0 Å². The van der Waals surface area contributed by atoms with E-state index in [1.807, 2.05) is 30.3 Å². The number of amides is 2. The van der Waals surface area contributed by atoms with Crippen molar-refractivity contribution in [3.63, 3.8) is 0 Å². The molecule has 32 heavy (non-hydrogen) atoms. The SMILES string of the molecule is COc1ccc(OCc2ccc(/C=N\NC(=O)c3cccc(N4CCCC4=O)c3)o2)cc1. The van der Waals surface area contributed by atoms with Gasteiger partial charge in [0.2, 0.25) is 5.91 Å². The molecule has 0 radical (unpaired) electrons. The summed E-state index contributed by atoms with van der Waals surface area (Å²) in [6.45, 7) is 0.930. The monoisotopic (exact) mass is 433 g/mol. The van der Waals surface area contributed by atoms with Crippen molar-refractivity contribution in [1.82, 2.24) is 5.43 Å². The van der Waals surface area contributed by atoms with Crippen LogP contribution in [-0.2, 0) is 11.4 Å². The fraction of sp³-hybridized carbons (Fsp3) is 0.208. The van der Waals surface area contributed by atoms with E-state index >= 15 is 0 Å². The highest BCUT2D eigenvalue weighted by Crippen LogP contribution is 2.22. The van der Waals surface area contributed by atoms with Crippen LogP contribution in [0.5, 0.6) is 11.5 Å². The van der Waals surface area contributed by atoms with Crippen LogP contribution in [0.3, 0.4) is 0 Å². The number of nitrogens with one attached hydrogen (secondary N) is 1. The Morgan fingerprint density at radius 1 is 1.16 bits per heavy atom. The van der Waals surface area contributed by atoms with Gasteiger partial charge < -0.3 is 18.8 Å². The number of nitrogens with zero attached hydrogens (tertiary/aromatic N) is 2. The number of carbonyl (C=O) groups excluding carboxylic acids is 2. The van der Waals surface area contributed by atoms with Crippen LogP contribution in [0.2, 0.25) is 0 Å². The maximum atomic E-state index is 12.4. The first kappa shape index (κ1) is 21.2. The number of hydrogen-bond donors (Lipinski definition) is 1. The molecular weight excluding hydrogens is 410 g/mol. The van der Waals surface area contributed by atoms with Gasteiger partial charge >= 0.3 is 0 Å². The number of anilines is 1. The Morgan fingerprint density at radius 3 is 2.72 bits per heavy atom. The molecule has 0 bridgehead atoms. The quantitative estimate of drug-likeness (QED) is 0.431. The molecule has 2 aromatic carbocycles. The van der Waals surface area contributed by atoms with E-state index in [1.165, 1.54) is 6.21 Å². The summed E-state index contributed by atoms with van der Waals surface area (Å²) in [6.07, 6.45) is 2.79. The molecule has 4 rings (SSSR count). The summed E-state index contributed by atoms with van der Waals surface area (Å²) in [7, 11) is 1.61. The Hall–Kier alpha value is -4.07. The van der Waals surface area contributed by atoms with Crippen molar-refractivity contribution >= 4 is 23.7 Å². The first-order valence-corrected chi connectivity index (χ1v) is 10.2. The lowest BCUT2D eigenvalue weighted by atomic mass is 10.2. The molecular formula is C24H23N3O5. The molecule has 1 saturated heterocycles. The van der Waals surface area contributed by atoms with E-state index in [0.29, 0.717) is 35.8 Å². The Morgan fingerprint density at radius 2 is 1.97 bits per heavy atom. The number of hydrazone groups is 1. The third-order valence-electron chi connectivity index (χ3n) is 4.97. The van der Waals surface area contributed by atoms with Crippen molar-refractivity contribution in [3.05, 3.63) is 77.7 Å². The second-order valence-electron chi connectivity index (χ2n) is 7.17. The van der Waals surface area contributed by atoms with Crippen molar-refractivity contribution < 1.29 is 23.5 Å².